The molecule has 3 rings (SSSR count). The quantitative estimate of drug-likeness (QED) is 0.809. The molecule has 3 nitrogen and oxygen atoms in total. The maximum Gasteiger partial charge on any atom is 0.123 e. The summed E-state index contributed by atoms with van der Waals surface area (Å²) in [5, 5.41) is 7.09. The fraction of sp³-hybridized carbons (Fsp3) is 0.250. The van der Waals surface area contributed by atoms with Crippen LogP contribution in [0.15, 0.2) is 30.3 Å². The SMILES string of the molecule is NC1(c2cc(-c3cccc(F)c3)n[nH]2)CC1. The number of aromatic amines is 1. The molecule has 0 amide bonds. The zero-order valence-electron chi connectivity index (χ0n) is 8.70. The van der Waals surface area contributed by atoms with Crippen molar-refractivity contribution in [2.45, 2.75) is 18.4 Å². The lowest BCUT2D eigenvalue weighted by Gasteiger charge is -2.02. The van der Waals surface area contributed by atoms with Gasteiger partial charge in [0.1, 0.15) is 5.82 Å². The van der Waals surface area contributed by atoms with Crippen molar-refractivity contribution in [1.82, 2.24) is 10.2 Å². The van der Waals surface area contributed by atoms with E-state index in [4.69, 9.17) is 5.73 Å². The first kappa shape index (κ1) is 9.54. The number of nitrogens with zero attached hydrogens (tertiary/aromatic N) is 1. The zero-order chi connectivity index (χ0) is 11.2. The second-order valence-electron chi connectivity index (χ2n) is 4.33. The zero-order valence-corrected chi connectivity index (χ0v) is 8.70. The molecule has 1 aliphatic carbocycles. The number of H-pyrrole nitrogens is 1. The molecule has 1 fully saturated rings. The first-order chi connectivity index (χ1) is 7.67. The molecule has 1 aromatic carbocycles. The molecular formula is C12H12FN3. The molecule has 0 radical (unpaired) electrons. The van der Waals surface area contributed by atoms with E-state index in [2.05, 4.69) is 10.2 Å². The molecule has 2 aromatic rings. The summed E-state index contributed by atoms with van der Waals surface area (Å²) in [5.74, 6) is -0.254. The molecule has 4 heteroatoms. The van der Waals surface area contributed by atoms with E-state index in [-0.39, 0.29) is 11.4 Å². The number of aromatic nitrogens is 2. The van der Waals surface area contributed by atoms with E-state index in [1.54, 1.807) is 6.07 Å². The molecule has 1 saturated carbocycles. The largest absolute Gasteiger partial charge is 0.320 e. The summed E-state index contributed by atoms with van der Waals surface area (Å²) in [5.41, 5.74) is 8.27. The lowest BCUT2D eigenvalue weighted by atomic mass is 10.1. The first-order valence-corrected chi connectivity index (χ1v) is 5.28. The number of hydrogen-bond donors (Lipinski definition) is 2. The number of benzene rings is 1. The van der Waals surface area contributed by atoms with Crippen LogP contribution >= 0.6 is 0 Å². The van der Waals surface area contributed by atoms with Crippen molar-refractivity contribution in [3.05, 3.63) is 41.8 Å². The van der Waals surface area contributed by atoms with Crippen LogP contribution in [0.25, 0.3) is 11.3 Å². The maximum atomic E-state index is 13.0. The molecule has 82 valence electrons. The monoisotopic (exact) mass is 217 g/mol. The lowest BCUT2D eigenvalue weighted by molar-refractivity contribution is 0.628. The molecule has 0 bridgehead atoms. The van der Waals surface area contributed by atoms with Crippen molar-refractivity contribution >= 4 is 0 Å². The third-order valence-electron chi connectivity index (χ3n) is 3.02. The maximum absolute atomic E-state index is 13.0. The first-order valence-electron chi connectivity index (χ1n) is 5.28. The van der Waals surface area contributed by atoms with Gasteiger partial charge in [-0.2, -0.15) is 5.10 Å². The molecule has 3 N–H and O–H groups in total. The van der Waals surface area contributed by atoms with E-state index in [9.17, 15) is 4.39 Å². The van der Waals surface area contributed by atoms with Gasteiger partial charge in [0.15, 0.2) is 0 Å². The molecule has 1 aromatic heterocycles. The van der Waals surface area contributed by atoms with Gasteiger partial charge in [-0.05, 0) is 31.0 Å². The Kier molecular flexibility index (Phi) is 1.88. The van der Waals surface area contributed by atoms with Crippen LogP contribution in [0.5, 0.6) is 0 Å². The molecule has 0 unspecified atom stereocenters. The topological polar surface area (TPSA) is 54.7 Å². The Morgan fingerprint density at radius 3 is 2.81 bits per heavy atom. The number of hydrogen-bond acceptors (Lipinski definition) is 2. The lowest BCUT2D eigenvalue weighted by Crippen LogP contribution is -2.18. The van der Waals surface area contributed by atoms with Crippen molar-refractivity contribution in [3.8, 4) is 11.3 Å². The average molecular weight is 217 g/mol. The van der Waals surface area contributed by atoms with Crippen LogP contribution in [0.3, 0.4) is 0 Å². The van der Waals surface area contributed by atoms with E-state index in [1.165, 1.54) is 12.1 Å². The molecule has 0 saturated heterocycles. The van der Waals surface area contributed by atoms with Crippen LogP contribution < -0.4 is 5.73 Å². The highest BCUT2D eigenvalue weighted by atomic mass is 19.1. The van der Waals surface area contributed by atoms with Gasteiger partial charge >= 0.3 is 0 Å². The van der Waals surface area contributed by atoms with E-state index in [0.29, 0.717) is 0 Å². The Balaban J connectivity index is 1.98. The predicted molar refractivity (Wildman–Crippen MR) is 59.1 cm³/mol. The fourth-order valence-electron chi connectivity index (χ4n) is 1.78. The van der Waals surface area contributed by atoms with Crippen molar-refractivity contribution < 1.29 is 4.39 Å². The van der Waals surface area contributed by atoms with Crippen LogP contribution in [0.1, 0.15) is 18.5 Å². The van der Waals surface area contributed by atoms with Crippen molar-refractivity contribution in [2.24, 2.45) is 5.73 Å². The van der Waals surface area contributed by atoms with Gasteiger partial charge in [0.05, 0.1) is 16.9 Å². The Morgan fingerprint density at radius 2 is 2.12 bits per heavy atom. The fourth-order valence-corrected chi connectivity index (χ4v) is 1.78. The molecule has 0 aliphatic heterocycles. The molecule has 16 heavy (non-hydrogen) atoms. The molecule has 0 atom stereocenters. The van der Waals surface area contributed by atoms with Crippen LogP contribution in [-0.4, -0.2) is 10.2 Å². The molecular weight excluding hydrogens is 205 g/mol. The van der Waals surface area contributed by atoms with Gasteiger partial charge in [0, 0.05) is 5.56 Å². The van der Waals surface area contributed by atoms with E-state index < -0.39 is 0 Å². The molecule has 1 aliphatic rings. The Labute approximate surface area is 92.5 Å². The second kappa shape index (κ2) is 3.15. The van der Waals surface area contributed by atoms with Crippen molar-refractivity contribution in [2.75, 3.05) is 0 Å². The van der Waals surface area contributed by atoms with Gasteiger partial charge in [-0.1, -0.05) is 12.1 Å². The summed E-state index contributed by atoms with van der Waals surface area (Å²) in [6.45, 7) is 0. The summed E-state index contributed by atoms with van der Waals surface area (Å²) in [6.07, 6.45) is 1.97. The number of nitrogens with two attached hydrogens (primary N) is 1. The van der Waals surface area contributed by atoms with Gasteiger partial charge in [-0.3, -0.25) is 5.10 Å². The third-order valence-corrected chi connectivity index (χ3v) is 3.02. The number of nitrogens with one attached hydrogen (secondary N) is 1. The summed E-state index contributed by atoms with van der Waals surface area (Å²) in [4.78, 5) is 0. The highest BCUT2D eigenvalue weighted by Gasteiger charge is 2.41. The number of halogens is 1. The highest BCUT2D eigenvalue weighted by Crippen LogP contribution is 2.42. The standard InChI is InChI=1S/C12H12FN3/c13-9-3-1-2-8(6-9)10-7-11(16-15-10)12(14)4-5-12/h1-3,6-7H,4-5,14H2,(H,15,16). The van der Waals surface area contributed by atoms with Gasteiger partial charge in [0.2, 0.25) is 0 Å². The van der Waals surface area contributed by atoms with E-state index >= 15 is 0 Å². The minimum absolute atomic E-state index is 0.224. The predicted octanol–water partition coefficient (Wildman–Crippen LogP) is 2.16. The van der Waals surface area contributed by atoms with Gasteiger partial charge in [-0.15, -0.1) is 0 Å². The van der Waals surface area contributed by atoms with Gasteiger partial charge in [0.25, 0.3) is 0 Å². The Bertz CT molecular complexity index is 529. The smallest absolute Gasteiger partial charge is 0.123 e. The van der Waals surface area contributed by atoms with Gasteiger partial charge < -0.3 is 5.73 Å². The second-order valence-corrected chi connectivity index (χ2v) is 4.33. The summed E-state index contributed by atoms with van der Waals surface area (Å²) in [6, 6.07) is 8.30. The van der Waals surface area contributed by atoms with Gasteiger partial charge in [-0.25, -0.2) is 4.39 Å². The van der Waals surface area contributed by atoms with Crippen molar-refractivity contribution in [3.63, 3.8) is 0 Å². The molecule has 1 heterocycles. The summed E-state index contributed by atoms with van der Waals surface area (Å²) >= 11 is 0. The third kappa shape index (κ3) is 1.51. The normalized spacial score (nSPS) is 17.4. The van der Waals surface area contributed by atoms with Crippen LogP contribution in [-0.2, 0) is 5.54 Å². The van der Waals surface area contributed by atoms with Crippen LogP contribution in [0, 0.1) is 5.82 Å². The van der Waals surface area contributed by atoms with Crippen LogP contribution in [0.2, 0.25) is 0 Å². The number of rotatable bonds is 2. The van der Waals surface area contributed by atoms with E-state index in [1.807, 2.05) is 12.1 Å². The van der Waals surface area contributed by atoms with Crippen LogP contribution in [0.4, 0.5) is 4.39 Å². The summed E-state index contributed by atoms with van der Waals surface area (Å²) in [7, 11) is 0. The average Bonchev–Trinajstić information content (AvgIpc) is 2.83. The Hall–Kier alpha value is -1.68. The summed E-state index contributed by atoms with van der Waals surface area (Å²) < 4.78 is 13.0. The minimum atomic E-state index is -0.254. The molecule has 0 spiro atoms. The van der Waals surface area contributed by atoms with Crippen molar-refractivity contribution in [1.29, 1.82) is 0 Å². The highest BCUT2D eigenvalue weighted by molar-refractivity contribution is 5.59. The van der Waals surface area contributed by atoms with E-state index in [0.717, 1.165) is 29.8 Å². The Morgan fingerprint density at radius 1 is 1.31 bits per heavy atom. The minimum Gasteiger partial charge on any atom is -0.320 e.